The van der Waals surface area contributed by atoms with E-state index < -0.39 is 0 Å². The fourth-order valence-corrected chi connectivity index (χ4v) is 2.01. The number of benzene rings is 2. The Balaban J connectivity index is 1.92. The summed E-state index contributed by atoms with van der Waals surface area (Å²) in [4.78, 5) is 4.16. The van der Waals surface area contributed by atoms with E-state index >= 15 is 0 Å². The molecular formula is C16H12FNO2. The Morgan fingerprint density at radius 1 is 1.00 bits per heavy atom. The molecule has 0 radical (unpaired) electrons. The molecule has 0 spiro atoms. The van der Waals surface area contributed by atoms with E-state index in [1.807, 2.05) is 0 Å². The lowest BCUT2D eigenvalue weighted by Crippen LogP contribution is -2.13. The van der Waals surface area contributed by atoms with Crippen LogP contribution in [0, 0.1) is 5.82 Å². The number of aromatic hydroxyl groups is 1. The standard InChI is InChI=1S/C16H12FNO2/c17-13-7-3-1-5-11(13)16-18-10-9-15(20-16)12-6-2-4-8-14(12)19/h1-9,19H,10H2. The molecule has 0 aliphatic carbocycles. The second-order valence-corrected chi connectivity index (χ2v) is 4.31. The Kier molecular flexibility index (Phi) is 3.21. The summed E-state index contributed by atoms with van der Waals surface area (Å²) >= 11 is 0. The van der Waals surface area contributed by atoms with Crippen LogP contribution in [0.2, 0.25) is 0 Å². The summed E-state index contributed by atoms with van der Waals surface area (Å²) in [6, 6.07) is 13.2. The van der Waals surface area contributed by atoms with Gasteiger partial charge in [0.2, 0.25) is 5.90 Å². The highest BCUT2D eigenvalue weighted by Gasteiger charge is 2.18. The lowest BCUT2D eigenvalue weighted by Gasteiger charge is -2.17. The number of phenolic OH excluding ortho intramolecular Hbond substituents is 1. The third kappa shape index (κ3) is 2.28. The predicted octanol–water partition coefficient (Wildman–Crippen LogP) is 3.35. The van der Waals surface area contributed by atoms with Gasteiger partial charge >= 0.3 is 0 Å². The Morgan fingerprint density at radius 2 is 1.70 bits per heavy atom. The molecule has 0 saturated heterocycles. The van der Waals surface area contributed by atoms with Gasteiger partial charge in [0.1, 0.15) is 17.3 Å². The fourth-order valence-electron chi connectivity index (χ4n) is 2.01. The molecule has 1 heterocycles. The van der Waals surface area contributed by atoms with Crippen LogP contribution in [0.1, 0.15) is 11.1 Å². The van der Waals surface area contributed by atoms with Gasteiger partial charge in [0.15, 0.2) is 0 Å². The number of aliphatic imine (C=N–C) groups is 1. The third-order valence-electron chi connectivity index (χ3n) is 2.99. The van der Waals surface area contributed by atoms with Gasteiger partial charge < -0.3 is 9.84 Å². The first-order valence-electron chi connectivity index (χ1n) is 6.21. The molecule has 100 valence electrons. The first-order chi connectivity index (χ1) is 9.75. The van der Waals surface area contributed by atoms with Gasteiger partial charge in [0.05, 0.1) is 17.7 Å². The molecule has 0 unspecified atom stereocenters. The smallest absolute Gasteiger partial charge is 0.225 e. The summed E-state index contributed by atoms with van der Waals surface area (Å²) < 4.78 is 19.4. The van der Waals surface area contributed by atoms with E-state index in [1.165, 1.54) is 6.07 Å². The van der Waals surface area contributed by atoms with Gasteiger partial charge in [-0.15, -0.1) is 0 Å². The second kappa shape index (κ2) is 5.17. The number of nitrogens with zero attached hydrogens (tertiary/aromatic N) is 1. The highest BCUT2D eigenvalue weighted by molar-refractivity contribution is 5.98. The maximum Gasteiger partial charge on any atom is 0.225 e. The minimum absolute atomic E-state index is 0.119. The van der Waals surface area contributed by atoms with Crippen molar-refractivity contribution in [3.8, 4) is 5.75 Å². The molecule has 0 saturated carbocycles. The van der Waals surface area contributed by atoms with Crippen LogP contribution in [0.3, 0.4) is 0 Å². The molecule has 0 fully saturated rings. The van der Waals surface area contributed by atoms with Gasteiger partial charge in [-0.2, -0.15) is 0 Å². The van der Waals surface area contributed by atoms with E-state index in [0.29, 0.717) is 23.4 Å². The Hall–Kier alpha value is -2.62. The SMILES string of the molecule is Oc1ccccc1C1=CCN=C(c2ccccc2F)O1. The van der Waals surface area contributed by atoms with Gasteiger partial charge in [0.25, 0.3) is 0 Å². The minimum Gasteiger partial charge on any atom is -0.507 e. The molecule has 0 aromatic heterocycles. The third-order valence-corrected chi connectivity index (χ3v) is 2.99. The van der Waals surface area contributed by atoms with Crippen LogP contribution < -0.4 is 0 Å². The molecule has 4 heteroatoms. The number of ether oxygens (including phenoxy) is 1. The summed E-state index contributed by atoms with van der Waals surface area (Å²) in [7, 11) is 0. The molecule has 1 aliphatic heterocycles. The largest absolute Gasteiger partial charge is 0.507 e. The number of phenols is 1. The van der Waals surface area contributed by atoms with Gasteiger partial charge in [-0.1, -0.05) is 24.3 Å². The molecule has 0 bridgehead atoms. The summed E-state index contributed by atoms with van der Waals surface area (Å²) in [6.07, 6.45) is 1.75. The zero-order chi connectivity index (χ0) is 13.9. The molecule has 1 N–H and O–H groups in total. The number of hydrogen-bond acceptors (Lipinski definition) is 3. The van der Waals surface area contributed by atoms with Crippen molar-refractivity contribution in [2.45, 2.75) is 0 Å². The van der Waals surface area contributed by atoms with Gasteiger partial charge in [-0.05, 0) is 30.3 Å². The maximum absolute atomic E-state index is 13.8. The Bertz CT molecular complexity index is 648. The monoisotopic (exact) mass is 269 g/mol. The van der Waals surface area contributed by atoms with Crippen LogP contribution in [0.4, 0.5) is 4.39 Å². The normalized spacial score (nSPS) is 14.2. The zero-order valence-electron chi connectivity index (χ0n) is 10.6. The number of para-hydroxylation sites is 1. The van der Waals surface area contributed by atoms with Crippen LogP contribution in [0.25, 0.3) is 5.76 Å². The molecule has 0 amide bonds. The van der Waals surface area contributed by atoms with E-state index in [9.17, 15) is 9.50 Å². The average molecular weight is 269 g/mol. The van der Waals surface area contributed by atoms with E-state index in [1.54, 1.807) is 48.5 Å². The van der Waals surface area contributed by atoms with Crippen molar-refractivity contribution < 1.29 is 14.2 Å². The van der Waals surface area contributed by atoms with Crippen molar-refractivity contribution in [2.24, 2.45) is 4.99 Å². The van der Waals surface area contributed by atoms with E-state index in [2.05, 4.69) is 4.99 Å². The maximum atomic E-state index is 13.8. The first-order valence-corrected chi connectivity index (χ1v) is 6.21. The molecule has 3 nitrogen and oxygen atoms in total. The predicted molar refractivity (Wildman–Crippen MR) is 75.0 cm³/mol. The van der Waals surface area contributed by atoms with Crippen LogP contribution in [0.15, 0.2) is 59.6 Å². The Labute approximate surface area is 115 Å². The molecular weight excluding hydrogens is 257 g/mol. The topological polar surface area (TPSA) is 41.8 Å². The molecule has 2 aromatic carbocycles. The van der Waals surface area contributed by atoms with Crippen molar-refractivity contribution >= 4 is 11.7 Å². The van der Waals surface area contributed by atoms with E-state index in [-0.39, 0.29) is 17.5 Å². The highest BCUT2D eigenvalue weighted by atomic mass is 19.1. The lowest BCUT2D eigenvalue weighted by molar-refractivity contribution is 0.456. The second-order valence-electron chi connectivity index (χ2n) is 4.31. The summed E-state index contributed by atoms with van der Waals surface area (Å²) in [5, 5.41) is 9.84. The Morgan fingerprint density at radius 3 is 2.45 bits per heavy atom. The summed E-state index contributed by atoms with van der Waals surface area (Å²) in [6.45, 7) is 0.382. The van der Waals surface area contributed by atoms with Crippen LogP contribution >= 0.6 is 0 Å². The first kappa shape index (κ1) is 12.4. The average Bonchev–Trinajstić information content (AvgIpc) is 2.48. The summed E-state index contributed by atoms with van der Waals surface area (Å²) in [5.41, 5.74) is 0.879. The number of hydrogen-bond donors (Lipinski definition) is 1. The van der Waals surface area contributed by atoms with Crippen LogP contribution in [0.5, 0.6) is 5.75 Å². The van der Waals surface area contributed by atoms with Crippen molar-refractivity contribution in [3.05, 3.63) is 71.6 Å². The lowest BCUT2D eigenvalue weighted by atomic mass is 10.1. The quantitative estimate of drug-likeness (QED) is 0.908. The van der Waals surface area contributed by atoms with Gasteiger partial charge in [0, 0.05) is 0 Å². The molecule has 2 aromatic rings. The van der Waals surface area contributed by atoms with Crippen molar-refractivity contribution in [1.82, 2.24) is 0 Å². The highest BCUT2D eigenvalue weighted by Crippen LogP contribution is 2.28. The van der Waals surface area contributed by atoms with Gasteiger partial charge in [-0.3, -0.25) is 0 Å². The van der Waals surface area contributed by atoms with Gasteiger partial charge in [-0.25, -0.2) is 9.38 Å². The minimum atomic E-state index is -0.384. The number of halogens is 1. The van der Waals surface area contributed by atoms with E-state index in [4.69, 9.17) is 4.74 Å². The number of rotatable bonds is 2. The molecule has 1 aliphatic rings. The van der Waals surface area contributed by atoms with Crippen molar-refractivity contribution in [1.29, 1.82) is 0 Å². The fraction of sp³-hybridized carbons (Fsp3) is 0.0625. The zero-order valence-corrected chi connectivity index (χ0v) is 10.6. The van der Waals surface area contributed by atoms with E-state index in [0.717, 1.165) is 0 Å². The van der Waals surface area contributed by atoms with Crippen LogP contribution in [-0.2, 0) is 4.74 Å². The molecule has 20 heavy (non-hydrogen) atoms. The van der Waals surface area contributed by atoms with Crippen LogP contribution in [-0.4, -0.2) is 17.5 Å². The van der Waals surface area contributed by atoms with Crippen molar-refractivity contribution in [2.75, 3.05) is 6.54 Å². The molecule has 3 rings (SSSR count). The summed E-state index contributed by atoms with van der Waals surface area (Å²) in [5.74, 6) is 0.443. The molecule has 0 atom stereocenters. The van der Waals surface area contributed by atoms with Crippen molar-refractivity contribution in [3.63, 3.8) is 0 Å².